The van der Waals surface area contributed by atoms with Crippen molar-refractivity contribution in [3.8, 4) is 0 Å². The number of aromatic nitrogens is 1. The predicted molar refractivity (Wildman–Crippen MR) is 64.4 cm³/mol. The van der Waals surface area contributed by atoms with Gasteiger partial charge in [0.05, 0.1) is 0 Å². The van der Waals surface area contributed by atoms with E-state index in [4.69, 9.17) is 11.6 Å². The predicted octanol–water partition coefficient (Wildman–Crippen LogP) is 3.22. The van der Waals surface area contributed by atoms with E-state index >= 15 is 0 Å². The molecule has 1 saturated heterocycles. The molecule has 0 amide bonds. The van der Waals surface area contributed by atoms with Crippen molar-refractivity contribution in [2.75, 3.05) is 18.0 Å². The first-order valence-electron chi connectivity index (χ1n) is 5.54. The van der Waals surface area contributed by atoms with E-state index in [-0.39, 0.29) is 0 Å². The Bertz CT molecular complexity index is 340. The molecular formula is C12H17ClN2. The summed E-state index contributed by atoms with van der Waals surface area (Å²) in [6.07, 6.45) is 1.25. The van der Waals surface area contributed by atoms with Crippen LogP contribution in [0.5, 0.6) is 0 Å². The Hall–Kier alpha value is -0.760. The molecule has 2 atom stereocenters. The van der Waals surface area contributed by atoms with Crippen LogP contribution in [0.4, 0.5) is 5.82 Å². The molecular weight excluding hydrogens is 208 g/mol. The number of rotatable bonds is 1. The maximum Gasteiger partial charge on any atom is 0.131 e. The summed E-state index contributed by atoms with van der Waals surface area (Å²) in [6, 6.07) is 5.82. The topological polar surface area (TPSA) is 16.1 Å². The third-order valence-electron chi connectivity index (χ3n) is 3.36. The number of pyridine rings is 1. The van der Waals surface area contributed by atoms with Gasteiger partial charge in [-0.3, -0.25) is 0 Å². The monoisotopic (exact) mass is 224 g/mol. The van der Waals surface area contributed by atoms with Crippen molar-refractivity contribution in [3.05, 3.63) is 23.4 Å². The highest BCUT2D eigenvalue weighted by atomic mass is 35.5. The summed E-state index contributed by atoms with van der Waals surface area (Å²) in [4.78, 5) is 6.68. The Labute approximate surface area is 96.3 Å². The van der Waals surface area contributed by atoms with E-state index in [1.807, 2.05) is 18.2 Å². The fourth-order valence-corrected chi connectivity index (χ4v) is 2.20. The molecule has 82 valence electrons. The zero-order chi connectivity index (χ0) is 10.8. The van der Waals surface area contributed by atoms with Crippen molar-refractivity contribution < 1.29 is 0 Å². The zero-order valence-corrected chi connectivity index (χ0v) is 10.0. The molecule has 1 aliphatic heterocycles. The summed E-state index contributed by atoms with van der Waals surface area (Å²) in [6.45, 7) is 6.82. The molecule has 3 heteroatoms. The van der Waals surface area contributed by atoms with Crippen molar-refractivity contribution in [1.29, 1.82) is 0 Å². The van der Waals surface area contributed by atoms with Crippen LogP contribution >= 0.6 is 11.6 Å². The lowest BCUT2D eigenvalue weighted by atomic mass is 9.89. The van der Waals surface area contributed by atoms with Crippen LogP contribution < -0.4 is 4.90 Å². The van der Waals surface area contributed by atoms with Crippen LogP contribution in [-0.4, -0.2) is 18.1 Å². The van der Waals surface area contributed by atoms with Crippen LogP contribution in [0.15, 0.2) is 18.2 Å². The van der Waals surface area contributed by atoms with Crippen LogP contribution in [-0.2, 0) is 0 Å². The van der Waals surface area contributed by atoms with Crippen molar-refractivity contribution >= 4 is 17.4 Å². The molecule has 1 aromatic rings. The second kappa shape index (κ2) is 4.40. The lowest BCUT2D eigenvalue weighted by Gasteiger charge is -2.36. The molecule has 2 rings (SSSR count). The van der Waals surface area contributed by atoms with E-state index in [1.165, 1.54) is 6.42 Å². The molecule has 1 aromatic heterocycles. The van der Waals surface area contributed by atoms with Crippen LogP contribution in [0.1, 0.15) is 20.3 Å². The molecule has 0 radical (unpaired) electrons. The van der Waals surface area contributed by atoms with E-state index in [2.05, 4.69) is 23.7 Å². The van der Waals surface area contributed by atoms with Gasteiger partial charge in [0, 0.05) is 13.1 Å². The van der Waals surface area contributed by atoms with Crippen molar-refractivity contribution in [2.45, 2.75) is 20.3 Å². The van der Waals surface area contributed by atoms with Gasteiger partial charge < -0.3 is 4.90 Å². The van der Waals surface area contributed by atoms with Crippen LogP contribution in [0.3, 0.4) is 0 Å². The zero-order valence-electron chi connectivity index (χ0n) is 9.28. The maximum absolute atomic E-state index is 5.89. The summed E-state index contributed by atoms with van der Waals surface area (Å²) in [5.41, 5.74) is 0. The second-order valence-electron chi connectivity index (χ2n) is 4.51. The Balaban J connectivity index is 2.12. The Morgan fingerprint density at radius 3 is 2.80 bits per heavy atom. The lowest BCUT2D eigenvalue weighted by Crippen LogP contribution is -2.38. The van der Waals surface area contributed by atoms with Gasteiger partial charge in [-0.1, -0.05) is 31.5 Å². The minimum Gasteiger partial charge on any atom is -0.356 e. The number of nitrogens with zero attached hydrogens (tertiary/aromatic N) is 2. The Morgan fingerprint density at radius 2 is 2.13 bits per heavy atom. The van der Waals surface area contributed by atoms with Gasteiger partial charge in [0.15, 0.2) is 0 Å². The van der Waals surface area contributed by atoms with Gasteiger partial charge in [0.25, 0.3) is 0 Å². The van der Waals surface area contributed by atoms with E-state index in [0.717, 1.165) is 30.7 Å². The Kier molecular flexibility index (Phi) is 3.15. The van der Waals surface area contributed by atoms with Crippen molar-refractivity contribution in [1.82, 2.24) is 4.98 Å². The fraction of sp³-hybridized carbons (Fsp3) is 0.583. The smallest absolute Gasteiger partial charge is 0.131 e. The average molecular weight is 225 g/mol. The lowest BCUT2D eigenvalue weighted by molar-refractivity contribution is 0.323. The Morgan fingerprint density at radius 1 is 1.33 bits per heavy atom. The van der Waals surface area contributed by atoms with Gasteiger partial charge in [-0.05, 0) is 30.4 Å². The first-order valence-corrected chi connectivity index (χ1v) is 5.92. The van der Waals surface area contributed by atoms with Gasteiger partial charge in [0.1, 0.15) is 11.0 Å². The molecule has 1 aliphatic rings. The normalized spacial score (nSPS) is 26.7. The third-order valence-corrected chi connectivity index (χ3v) is 3.57. The first kappa shape index (κ1) is 10.7. The first-order chi connectivity index (χ1) is 7.16. The summed E-state index contributed by atoms with van der Waals surface area (Å²) in [7, 11) is 0. The van der Waals surface area contributed by atoms with E-state index in [0.29, 0.717) is 5.15 Å². The van der Waals surface area contributed by atoms with Gasteiger partial charge >= 0.3 is 0 Å². The third kappa shape index (κ3) is 2.43. The van der Waals surface area contributed by atoms with E-state index < -0.39 is 0 Å². The second-order valence-corrected chi connectivity index (χ2v) is 4.90. The molecule has 15 heavy (non-hydrogen) atoms. The highest BCUT2D eigenvalue weighted by Gasteiger charge is 2.23. The van der Waals surface area contributed by atoms with Gasteiger partial charge in [-0.15, -0.1) is 0 Å². The largest absolute Gasteiger partial charge is 0.356 e. The molecule has 0 N–H and O–H groups in total. The van der Waals surface area contributed by atoms with Gasteiger partial charge in [-0.25, -0.2) is 4.98 Å². The summed E-state index contributed by atoms with van der Waals surface area (Å²) < 4.78 is 0. The number of halogens is 1. The molecule has 0 bridgehead atoms. The number of piperidine rings is 1. The number of hydrogen-bond acceptors (Lipinski definition) is 2. The molecule has 2 heterocycles. The van der Waals surface area contributed by atoms with Crippen molar-refractivity contribution in [2.24, 2.45) is 11.8 Å². The molecule has 2 unspecified atom stereocenters. The van der Waals surface area contributed by atoms with Crippen LogP contribution in [0, 0.1) is 11.8 Å². The molecule has 0 spiro atoms. The molecule has 1 fully saturated rings. The minimum atomic E-state index is 0.582. The molecule has 0 aromatic carbocycles. The van der Waals surface area contributed by atoms with Crippen LogP contribution in [0.2, 0.25) is 5.15 Å². The molecule has 0 aliphatic carbocycles. The number of anilines is 1. The maximum atomic E-state index is 5.89. The average Bonchev–Trinajstić information content (AvgIpc) is 2.22. The summed E-state index contributed by atoms with van der Waals surface area (Å²) in [5.74, 6) is 2.57. The number of hydrogen-bond donors (Lipinski definition) is 0. The van der Waals surface area contributed by atoms with E-state index in [9.17, 15) is 0 Å². The molecule has 0 saturated carbocycles. The highest BCUT2D eigenvalue weighted by Crippen LogP contribution is 2.26. The summed E-state index contributed by atoms with van der Waals surface area (Å²) >= 11 is 5.89. The van der Waals surface area contributed by atoms with E-state index in [1.54, 1.807) is 0 Å². The van der Waals surface area contributed by atoms with Crippen LogP contribution in [0.25, 0.3) is 0 Å². The standard InChI is InChI=1S/C12H17ClN2/c1-9-6-7-15(8-10(9)2)12-5-3-4-11(13)14-12/h3-5,9-10H,6-8H2,1-2H3. The van der Waals surface area contributed by atoms with Gasteiger partial charge in [0.2, 0.25) is 0 Å². The van der Waals surface area contributed by atoms with Crippen molar-refractivity contribution in [3.63, 3.8) is 0 Å². The summed E-state index contributed by atoms with van der Waals surface area (Å²) in [5, 5.41) is 0.582. The fourth-order valence-electron chi connectivity index (χ4n) is 2.04. The van der Waals surface area contributed by atoms with Gasteiger partial charge in [-0.2, -0.15) is 0 Å². The quantitative estimate of drug-likeness (QED) is 0.681. The minimum absolute atomic E-state index is 0.582. The molecule has 2 nitrogen and oxygen atoms in total. The highest BCUT2D eigenvalue weighted by molar-refractivity contribution is 6.29. The SMILES string of the molecule is CC1CCN(c2cccc(Cl)n2)CC1C.